The Bertz CT molecular complexity index is 709. The normalized spacial score (nSPS) is 20.6. The van der Waals surface area contributed by atoms with Crippen LogP contribution in [0, 0.1) is 11.7 Å². The standard InChI is InChI=1S/C18H25FN2O3S/c19-16-8-4-5-9-17(16)25(23,24)21-12-10-20(11-13-21)18(22)14-15-6-2-1-3-7-15/h4-5,8-9,15H,1-3,6-7,10-14H2. The third-order valence-electron chi connectivity index (χ3n) is 5.23. The number of carbonyl (C=O) groups is 1. The van der Waals surface area contributed by atoms with E-state index < -0.39 is 15.8 Å². The first-order valence-corrected chi connectivity index (χ1v) is 10.4. The van der Waals surface area contributed by atoms with Crippen molar-refractivity contribution in [2.45, 2.75) is 43.4 Å². The summed E-state index contributed by atoms with van der Waals surface area (Å²) in [6, 6.07) is 5.41. The van der Waals surface area contributed by atoms with Crippen LogP contribution in [0.3, 0.4) is 0 Å². The number of sulfonamides is 1. The van der Waals surface area contributed by atoms with Crippen LogP contribution in [0.2, 0.25) is 0 Å². The number of halogens is 1. The molecule has 1 aromatic rings. The summed E-state index contributed by atoms with van der Waals surface area (Å²) in [5.74, 6) is -0.144. The maximum Gasteiger partial charge on any atom is 0.246 e. The number of hydrogen-bond donors (Lipinski definition) is 0. The Balaban J connectivity index is 1.58. The van der Waals surface area contributed by atoms with Crippen molar-refractivity contribution in [1.82, 2.24) is 9.21 Å². The molecule has 1 saturated carbocycles. The Kier molecular flexibility index (Phi) is 5.74. The molecule has 0 atom stereocenters. The molecule has 1 amide bonds. The number of amides is 1. The summed E-state index contributed by atoms with van der Waals surface area (Å²) >= 11 is 0. The van der Waals surface area contributed by atoms with Crippen LogP contribution in [0.1, 0.15) is 38.5 Å². The van der Waals surface area contributed by atoms with E-state index in [0.717, 1.165) is 18.9 Å². The number of benzene rings is 1. The highest BCUT2D eigenvalue weighted by molar-refractivity contribution is 7.89. The van der Waals surface area contributed by atoms with Crippen molar-refractivity contribution in [3.8, 4) is 0 Å². The first kappa shape index (κ1) is 18.3. The van der Waals surface area contributed by atoms with E-state index in [4.69, 9.17) is 0 Å². The van der Waals surface area contributed by atoms with Crippen LogP contribution >= 0.6 is 0 Å². The lowest BCUT2D eigenvalue weighted by molar-refractivity contribution is -0.133. The van der Waals surface area contributed by atoms with Crippen molar-refractivity contribution in [3.05, 3.63) is 30.1 Å². The van der Waals surface area contributed by atoms with E-state index in [-0.39, 0.29) is 23.9 Å². The van der Waals surface area contributed by atoms with Gasteiger partial charge in [-0.2, -0.15) is 4.31 Å². The summed E-state index contributed by atoms with van der Waals surface area (Å²) in [5.41, 5.74) is 0. The summed E-state index contributed by atoms with van der Waals surface area (Å²) in [7, 11) is -3.85. The summed E-state index contributed by atoms with van der Waals surface area (Å²) < 4.78 is 40.3. The van der Waals surface area contributed by atoms with Gasteiger partial charge < -0.3 is 4.90 Å². The van der Waals surface area contributed by atoms with Crippen molar-refractivity contribution in [3.63, 3.8) is 0 Å². The molecule has 0 radical (unpaired) electrons. The number of piperazine rings is 1. The molecule has 0 spiro atoms. The van der Waals surface area contributed by atoms with Gasteiger partial charge in [0.25, 0.3) is 0 Å². The van der Waals surface area contributed by atoms with E-state index >= 15 is 0 Å². The van der Waals surface area contributed by atoms with Gasteiger partial charge in [0.05, 0.1) is 0 Å². The molecular formula is C18H25FN2O3S. The highest BCUT2D eigenvalue weighted by Gasteiger charge is 2.32. The van der Waals surface area contributed by atoms with E-state index in [0.29, 0.717) is 25.4 Å². The molecule has 1 aliphatic carbocycles. The van der Waals surface area contributed by atoms with Gasteiger partial charge in [0.15, 0.2) is 0 Å². The molecule has 1 saturated heterocycles. The summed E-state index contributed by atoms with van der Waals surface area (Å²) in [6.45, 7) is 1.18. The minimum absolute atomic E-state index is 0.120. The maximum atomic E-state index is 13.8. The average Bonchev–Trinajstić information content (AvgIpc) is 2.63. The molecule has 1 heterocycles. The minimum atomic E-state index is -3.85. The monoisotopic (exact) mass is 368 g/mol. The minimum Gasteiger partial charge on any atom is -0.340 e. The Morgan fingerprint density at radius 1 is 1.04 bits per heavy atom. The Morgan fingerprint density at radius 3 is 2.32 bits per heavy atom. The van der Waals surface area contributed by atoms with Crippen molar-refractivity contribution in [2.75, 3.05) is 26.2 Å². The molecule has 0 aromatic heterocycles. The van der Waals surface area contributed by atoms with Gasteiger partial charge in [-0.15, -0.1) is 0 Å². The molecule has 1 aromatic carbocycles. The molecule has 0 unspecified atom stereocenters. The molecule has 138 valence electrons. The van der Waals surface area contributed by atoms with Crippen LogP contribution < -0.4 is 0 Å². The second kappa shape index (κ2) is 7.83. The molecular weight excluding hydrogens is 343 g/mol. The fraction of sp³-hybridized carbons (Fsp3) is 0.611. The van der Waals surface area contributed by atoms with Crippen LogP contribution in [-0.2, 0) is 14.8 Å². The first-order chi connectivity index (χ1) is 12.0. The zero-order valence-corrected chi connectivity index (χ0v) is 15.2. The lowest BCUT2D eigenvalue weighted by Crippen LogP contribution is -2.50. The second-order valence-electron chi connectivity index (χ2n) is 6.92. The molecule has 3 rings (SSSR count). The van der Waals surface area contributed by atoms with Gasteiger partial charge in [-0.25, -0.2) is 12.8 Å². The third-order valence-corrected chi connectivity index (χ3v) is 7.17. The van der Waals surface area contributed by atoms with Gasteiger partial charge in [-0.3, -0.25) is 4.79 Å². The van der Waals surface area contributed by atoms with Gasteiger partial charge in [-0.05, 0) is 30.9 Å². The third kappa shape index (κ3) is 4.20. The number of hydrogen-bond acceptors (Lipinski definition) is 3. The molecule has 25 heavy (non-hydrogen) atoms. The zero-order chi connectivity index (χ0) is 17.9. The SMILES string of the molecule is O=C(CC1CCCCC1)N1CCN(S(=O)(=O)c2ccccc2F)CC1. The predicted molar refractivity (Wildman–Crippen MR) is 92.9 cm³/mol. The van der Waals surface area contributed by atoms with E-state index in [1.54, 1.807) is 4.90 Å². The van der Waals surface area contributed by atoms with Gasteiger partial charge >= 0.3 is 0 Å². The largest absolute Gasteiger partial charge is 0.340 e. The topological polar surface area (TPSA) is 57.7 Å². The van der Waals surface area contributed by atoms with Crippen molar-refractivity contribution < 1.29 is 17.6 Å². The van der Waals surface area contributed by atoms with Crippen molar-refractivity contribution in [1.29, 1.82) is 0 Å². The van der Waals surface area contributed by atoms with Crippen LogP contribution in [0.15, 0.2) is 29.2 Å². The van der Waals surface area contributed by atoms with E-state index in [1.807, 2.05) is 0 Å². The number of carbonyl (C=O) groups excluding carboxylic acids is 1. The fourth-order valence-corrected chi connectivity index (χ4v) is 5.23. The molecule has 7 heteroatoms. The molecule has 0 bridgehead atoms. The molecule has 5 nitrogen and oxygen atoms in total. The zero-order valence-electron chi connectivity index (χ0n) is 14.4. The highest BCUT2D eigenvalue weighted by atomic mass is 32.2. The second-order valence-corrected chi connectivity index (χ2v) is 8.83. The lowest BCUT2D eigenvalue weighted by atomic mass is 9.86. The van der Waals surface area contributed by atoms with E-state index in [2.05, 4.69) is 0 Å². The van der Waals surface area contributed by atoms with Crippen LogP contribution in [0.4, 0.5) is 4.39 Å². The highest BCUT2D eigenvalue weighted by Crippen LogP contribution is 2.27. The van der Waals surface area contributed by atoms with Crippen molar-refractivity contribution in [2.24, 2.45) is 5.92 Å². The first-order valence-electron chi connectivity index (χ1n) is 9.01. The Labute approximate surface area is 148 Å². The maximum absolute atomic E-state index is 13.8. The number of rotatable bonds is 4. The Morgan fingerprint density at radius 2 is 1.68 bits per heavy atom. The molecule has 0 N–H and O–H groups in total. The Hall–Kier alpha value is -1.47. The molecule has 2 aliphatic rings. The van der Waals surface area contributed by atoms with Crippen LogP contribution in [0.25, 0.3) is 0 Å². The van der Waals surface area contributed by atoms with Crippen molar-refractivity contribution >= 4 is 15.9 Å². The van der Waals surface area contributed by atoms with Crippen LogP contribution in [0.5, 0.6) is 0 Å². The predicted octanol–water partition coefficient (Wildman–Crippen LogP) is 2.63. The van der Waals surface area contributed by atoms with E-state index in [9.17, 15) is 17.6 Å². The quantitative estimate of drug-likeness (QED) is 0.821. The van der Waals surface area contributed by atoms with Gasteiger partial charge in [0.1, 0.15) is 10.7 Å². The van der Waals surface area contributed by atoms with Crippen LogP contribution in [-0.4, -0.2) is 49.7 Å². The fourth-order valence-electron chi connectivity index (χ4n) is 3.74. The lowest BCUT2D eigenvalue weighted by Gasteiger charge is -2.35. The van der Waals surface area contributed by atoms with Gasteiger partial charge in [-0.1, -0.05) is 31.4 Å². The van der Waals surface area contributed by atoms with Gasteiger partial charge in [0.2, 0.25) is 15.9 Å². The smallest absolute Gasteiger partial charge is 0.246 e. The summed E-state index contributed by atoms with van der Waals surface area (Å²) in [5, 5.41) is 0. The number of nitrogens with zero attached hydrogens (tertiary/aromatic N) is 2. The summed E-state index contributed by atoms with van der Waals surface area (Å²) in [4.78, 5) is 13.9. The van der Waals surface area contributed by atoms with Gasteiger partial charge in [0, 0.05) is 32.6 Å². The summed E-state index contributed by atoms with van der Waals surface area (Å²) in [6.07, 6.45) is 6.47. The molecule has 1 aliphatic heterocycles. The molecule has 2 fully saturated rings. The van der Waals surface area contributed by atoms with E-state index in [1.165, 1.54) is 41.8 Å². The average molecular weight is 368 g/mol.